The predicted octanol–water partition coefficient (Wildman–Crippen LogP) is 2.09. The van der Waals surface area contributed by atoms with Crippen molar-refractivity contribution in [2.24, 2.45) is 11.7 Å². The Kier molecular flexibility index (Phi) is 4.96. The second-order valence-corrected chi connectivity index (χ2v) is 7.63. The van der Waals surface area contributed by atoms with E-state index in [2.05, 4.69) is 16.7 Å². The summed E-state index contributed by atoms with van der Waals surface area (Å²) in [7, 11) is 0. The van der Waals surface area contributed by atoms with Crippen molar-refractivity contribution in [3.63, 3.8) is 0 Å². The lowest BCUT2D eigenvalue weighted by Gasteiger charge is -2.22. The van der Waals surface area contributed by atoms with Gasteiger partial charge < -0.3 is 15.8 Å². The van der Waals surface area contributed by atoms with E-state index in [4.69, 9.17) is 10.5 Å². The van der Waals surface area contributed by atoms with Crippen molar-refractivity contribution in [3.05, 3.63) is 53.6 Å². The van der Waals surface area contributed by atoms with E-state index in [1.165, 1.54) is 5.56 Å². The Balaban J connectivity index is 1.48. The fourth-order valence-corrected chi connectivity index (χ4v) is 4.02. The van der Waals surface area contributed by atoms with Crippen molar-refractivity contribution in [2.75, 3.05) is 6.61 Å². The molecule has 2 aliphatic rings. The summed E-state index contributed by atoms with van der Waals surface area (Å²) in [5.74, 6) is -0.939. The van der Waals surface area contributed by atoms with E-state index in [1.807, 2.05) is 43.3 Å². The Labute approximate surface area is 168 Å². The average Bonchev–Trinajstić information content (AvgIpc) is 3.30. The molecule has 0 aromatic heterocycles. The van der Waals surface area contributed by atoms with E-state index in [9.17, 15) is 14.4 Å². The Morgan fingerprint density at radius 1 is 1.17 bits per heavy atom. The number of rotatable bonds is 6. The molecule has 4 amide bonds. The van der Waals surface area contributed by atoms with Crippen molar-refractivity contribution in [1.29, 1.82) is 0 Å². The molecule has 7 nitrogen and oxygen atoms in total. The van der Waals surface area contributed by atoms with Gasteiger partial charge in [0.05, 0.1) is 12.5 Å². The Morgan fingerprint density at radius 2 is 1.90 bits per heavy atom. The van der Waals surface area contributed by atoms with Crippen molar-refractivity contribution in [3.8, 4) is 16.9 Å². The number of benzene rings is 2. The van der Waals surface area contributed by atoms with E-state index in [1.54, 1.807) is 0 Å². The summed E-state index contributed by atoms with van der Waals surface area (Å²) < 4.78 is 5.56. The number of ether oxygens (including phenoxy) is 1. The van der Waals surface area contributed by atoms with Gasteiger partial charge in [0.1, 0.15) is 11.8 Å². The molecule has 2 aromatic rings. The molecule has 0 bridgehead atoms. The van der Waals surface area contributed by atoms with E-state index >= 15 is 0 Å². The normalized spacial score (nSPS) is 19.7. The van der Waals surface area contributed by atoms with Crippen LogP contribution in [0, 0.1) is 5.92 Å². The first kappa shape index (κ1) is 19.0. The Hall–Kier alpha value is -3.35. The second kappa shape index (κ2) is 7.58. The van der Waals surface area contributed by atoms with Crippen LogP contribution in [0.3, 0.4) is 0 Å². The molecule has 2 aliphatic heterocycles. The number of imide groups is 1. The van der Waals surface area contributed by atoms with E-state index < -0.39 is 29.8 Å². The summed E-state index contributed by atoms with van der Waals surface area (Å²) >= 11 is 0. The summed E-state index contributed by atoms with van der Waals surface area (Å²) in [6.07, 6.45) is 1.29. The fraction of sp³-hybridized carbons (Fsp3) is 0.318. The van der Waals surface area contributed by atoms with Gasteiger partial charge in [0, 0.05) is 6.42 Å². The van der Waals surface area contributed by atoms with Crippen LogP contribution in [0.2, 0.25) is 0 Å². The second-order valence-electron chi connectivity index (χ2n) is 7.63. The number of primary amides is 1. The van der Waals surface area contributed by atoms with Crippen molar-refractivity contribution < 1.29 is 19.1 Å². The highest BCUT2D eigenvalue weighted by Gasteiger charge is 2.39. The fourth-order valence-electron chi connectivity index (χ4n) is 4.02. The third-order valence-corrected chi connectivity index (χ3v) is 5.68. The highest BCUT2D eigenvalue weighted by Crippen LogP contribution is 2.32. The summed E-state index contributed by atoms with van der Waals surface area (Å²) in [5.41, 5.74) is 10.0. The number of carbonyl (C=O) groups is 3. The lowest BCUT2D eigenvalue weighted by Crippen LogP contribution is -2.44. The highest BCUT2D eigenvalue weighted by atomic mass is 16.5. The first-order chi connectivity index (χ1) is 13.9. The molecule has 1 fully saturated rings. The van der Waals surface area contributed by atoms with E-state index in [-0.39, 0.29) is 5.92 Å². The van der Waals surface area contributed by atoms with Gasteiger partial charge in [-0.05, 0) is 46.7 Å². The summed E-state index contributed by atoms with van der Waals surface area (Å²) in [4.78, 5) is 35.2. The van der Waals surface area contributed by atoms with E-state index in [0.29, 0.717) is 6.42 Å². The zero-order chi connectivity index (χ0) is 20.5. The van der Waals surface area contributed by atoms with Crippen LogP contribution in [0.5, 0.6) is 5.75 Å². The molecule has 150 valence electrons. The number of amides is 4. The van der Waals surface area contributed by atoms with Crippen molar-refractivity contribution in [1.82, 2.24) is 10.6 Å². The van der Waals surface area contributed by atoms with Crippen molar-refractivity contribution >= 4 is 17.8 Å². The molecule has 4 rings (SSSR count). The zero-order valence-electron chi connectivity index (χ0n) is 16.1. The van der Waals surface area contributed by atoms with Gasteiger partial charge in [0.2, 0.25) is 5.91 Å². The van der Waals surface area contributed by atoms with Gasteiger partial charge in [-0.25, -0.2) is 4.79 Å². The molecule has 7 heteroatoms. The lowest BCUT2D eigenvalue weighted by atomic mass is 9.85. The number of fused-ring (bicyclic) bond motifs is 1. The topological polar surface area (TPSA) is 111 Å². The minimum Gasteiger partial charge on any atom is -0.493 e. The minimum atomic E-state index is -0.921. The largest absolute Gasteiger partial charge is 0.493 e. The van der Waals surface area contributed by atoms with Gasteiger partial charge in [-0.15, -0.1) is 0 Å². The summed E-state index contributed by atoms with van der Waals surface area (Å²) in [5, 5.41) is 4.64. The smallest absolute Gasteiger partial charge is 0.322 e. The number of carbonyl (C=O) groups excluding carboxylic acids is 3. The molecule has 0 aliphatic carbocycles. The average molecular weight is 393 g/mol. The van der Waals surface area contributed by atoms with Crippen LogP contribution in [-0.4, -0.2) is 30.5 Å². The molecule has 0 saturated carbocycles. The Bertz CT molecular complexity index is 971. The van der Waals surface area contributed by atoms with Crippen LogP contribution in [0.25, 0.3) is 11.1 Å². The third-order valence-electron chi connectivity index (χ3n) is 5.68. The highest BCUT2D eigenvalue weighted by molar-refractivity contribution is 6.06. The number of hydrogen-bond donors (Lipinski definition) is 3. The quantitative estimate of drug-likeness (QED) is 0.653. The summed E-state index contributed by atoms with van der Waals surface area (Å²) in [6, 6.07) is 12.8. The number of nitrogens with one attached hydrogen (secondary N) is 2. The third kappa shape index (κ3) is 3.81. The minimum absolute atomic E-state index is 0.0136. The molecule has 2 aromatic carbocycles. The van der Waals surface area contributed by atoms with Crippen LogP contribution in [0.15, 0.2) is 42.5 Å². The molecule has 4 N–H and O–H groups in total. The van der Waals surface area contributed by atoms with Crippen LogP contribution >= 0.6 is 0 Å². The molecule has 0 radical (unpaired) electrons. The number of hydrogen-bond acceptors (Lipinski definition) is 4. The lowest BCUT2D eigenvalue weighted by molar-refractivity contribution is -0.129. The molecule has 29 heavy (non-hydrogen) atoms. The standard InChI is InChI=1S/C22H23N3O4/c1-12(10-17(20(23)26)19-21(27)25-22(28)24-19)13-2-4-14(5-3-13)15-6-7-18-16(11-15)8-9-29-18/h2-7,11-12,17,19H,8-10H2,1H3,(H2,23,26)(H2,24,25,27,28). The van der Waals surface area contributed by atoms with Crippen LogP contribution in [0.1, 0.15) is 30.4 Å². The van der Waals surface area contributed by atoms with Gasteiger partial charge in [0.25, 0.3) is 5.91 Å². The predicted molar refractivity (Wildman–Crippen MR) is 107 cm³/mol. The van der Waals surface area contributed by atoms with Crippen LogP contribution in [0.4, 0.5) is 4.79 Å². The maximum absolute atomic E-state index is 11.9. The van der Waals surface area contributed by atoms with Crippen molar-refractivity contribution in [2.45, 2.75) is 31.7 Å². The SMILES string of the molecule is CC(CC(C(N)=O)C1NC(=O)NC1=O)c1ccc(-c2ccc3c(c2)CCO3)cc1. The van der Waals surface area contributed by atoms with Gasteiger partial charge in [-0.2, -0.15) is 0 Å². The zero-order valence-corrected chi connectivity index (χ0v) is 16.1. The van der Waals surface area contributed by atoms with Crippen LogP contribution < -0.4 is 21.1 Å². The molecular weight excluding hydrogens is 370 g/mol. The number of urea groups is 1. The van der Waals surface area contributed by atoms with E-state index in [0.717, 1.165) is 35.5 Å². The van der Waals surface area contributed by atoms with Gasteiger partial charge in [0.15, 0.2) is 0 Å². The monoisotopic (exact) mass is 393 g/mol. The first-order valence-corrected chi connectivity index (χ1v) is 9.69. The molecule has 0 spiro atoms. The molecule has 3 atom stereocenters. The molecular formula is C22H23N3O4. The maximum atomic E-state index is 11.9. The summed E-state index contributed by atoms with van der Waals surface area (Å²) in [6.45, 7) is 2.71. The molecule has 3 unspecified atom stereocenters. The van der Waals surface area contributed by atoms with Gasteiger partial charge in [-0.1, -0.05) is 37.3 Å². The van der Waals surface area contributed by atoms with Crippen LogP contribution in [-0.2, 0) is 16.0 Å². The van der Waals surface area contributed by atoms with Gasteiger partial charge in [-0.3, -0.25) is 14.9 Å². The number of nitrogens with two attached hydrogens (primary N) is 1. The maximum Gasteiger partial charge on any atom is 0.322 e. The molecule has 1 saturated heterocycles. The first-order valence-electron chi connectivity index (χ1n) is 9.69. The Morgan fingerprint density at radius 3 is 2.55 bits per heavy atom. The molecule has 2 heterocycles. The van der Waals surface area contributed by atoms with Gasteiger partial charge >= 0.3 is 6.03 Å².